The van der Waals surface area contributed by atoms with Crippen LogP contribution in [0.4, 0.5) is 16.2 Å². The molecule has 0 saturated carbocycles. The third-order valence-corrected chi connectivity index (χ3v) is 2.25. The highest BCUT2D eigenvalue weighted by molar-refractivity contribution is 5.87. The zero-order valence-corrected chi connectivity index (χ0v) is 11.0. The Balaban J connectivity index is 2.82. The van der Waals surface area contributed by atoms with Crippen LogP contribution < -0.4 is 11.1 Å². The molecule has 0 aromatic heterocycles. The third-order valence-electron chi connectivity index (χ3n) is 2.25. The van der Waals surface area contributed by atoms with Crippen LogP contribution in [0.15, 0.2) is 12.1 Å². The predicted molar refractivity (Wildman–Crippen MR) is 70.2 cm³/mol. The second-order valence-corrected chi connectivity index (χ2v) is 5.15. The molecule has 0 aliphatic rings. The van der Waals surface area contributed by atoms with Crippen LogP contribution in [0.1, 0.15) is 31.9 Å². The molecule has 1 rings (SSSR count). The van der Waals surface area contributed by atoms with Crippen molar-refractivity contribution in [3.63, 3.8) is 0 Å². The SMILES string of the molecule is Cc1cc(C)c(NC(=O)OC(C)(C)C)cc1N. The van der Waals surface area contributed by atoms with Gasteiger partial charge in [-0.3, -0.25) is 5.32 Å². The number of carbonyl (C=O) groups excluding carboxylic acids is 1. The number of nitrogens with one attached hydrogen (secondary N) is 1. The highest BCUT2D eigenvalue weighted by Gasteiger charge is 2.16. The summed E-state index contributed by atoms with van der Waals surface area (Å²) < 4.78 is 5.18. The molecule has 4 nitrogen and oxygen atoms in total. The van der Waals surface area contributed by atoms with Crippen molar-refractivity contribution >= 4 is 17.5 Å². The second-order valence-electron chi connectivity index (χ2n) is 5.15. The van der Waals surface area contributed by atoms with Crippen LogP contribution >= 0.6 is 0 Å². The molecule has 0 heterocycles. The van der Waals surface area contributed by atoms with Gasteiger partial charge in [0.15, 0.2) is 0 Å². The lowest BCUT2D eigenvalue weighted by Gasteiger charge is -2.20. The molecule has 1 aromatic rings. The topological polar surface area (TPSA) is 64.3 Å². The van der Waals surface area contributed by atoms with Gasteiger partial charge in [0.05, 0.1) is 0 Å². The first-order chi connectivity index (χ1) is 7.69. The van der Waals surface area contributed by atoms with E-state index in [9.17, 15) is 4.79 Å². The van der Waals surface area contributed by atoms with Gasteiger partial charge in [0.1, 0.15) is 5.60 Å². The lowest BCUT2D eigenvalue weighted by molar-refractivity contribution is 0.0636. The van der Waals surface area contributed by atoms with Crippen LogP contribution in [0, 0.1) is 13.8 Å². The van der Waals surface area contributed by atoms with Crippen LogP contribution in [-0.2, 0) is 4.74 Å². The van der Waals surface area contributed by atoms with Gasteiger partial charge in [-0.05, 0) is 51.8 Å². The molecule has 0 bridgehead atoms. The molecule has 1 aromatic carbocycles. The summed E-state index contributed by atoms with van der Waals surface area (Å²) in [5.41, 5.74) is 8.59. The molecule has 1 amide bonds. The molecule has 3 N–H and O–H groups in total. The van der Waals surface area contributed by atoms with E-state index in [0.29, 0.717) is 11.4 Å². The number of anilines is 2. The fraction of sp³-hybridized carbons (Fsp3) is 0.462. The van der Waals surface area contributed by atoms with E-state index in [0.717, 1.165) is 11.1 Å². The minimum atomic E-state index is -0.506. The number of hydrogen-bond donors (Lipinski definition) is 2. The molecule has 4 heteroatoms. The van der Waals surface area contributed by atoms with Gasteiger partial charge in [-0.15, -0.1) is 0 Å². The summed E-state index contributed by atoms with van der Waals surface area (Å²) in [5, 5.41) is 2.69. The number of carbonyl (C=O) groups is 1. The Kier molecular flexibility index (Phi) is 3.66. The van der Waals surface area contributed by atoms with Crippen molar-refractivity contribution in [1.29, 1.82) is 0 Å². The maximum atomic E-state index is 11.6. The number of hydrogen-bond acceptors (Lipinski definition) is 3. The predicted octanol–water partition coefficient (Wildman–Crippen LogP) is 3.23. The maximum Gasteiger partial charge on any atom is 0.412 e. The van der Waals surface area contributed by atoms with E-state index in [2.05, 4.69) is 5.32 Å². The van der Waals surface area contributed by atoms with E-state index in [1.165, 1.54) is 0 Å². The van der Waals surface area contributed by atoms with Crippen LogP contribution in [0.5, 0.6) is 0 Å². The molecule has 0 aliphatic heterocycles. The molecular formula is C13H20N2O2. The van der Waals surface area contributed by atoms with E-state index in [1.807, 2.05) is 40.7 Å². The fourth-order valence-electron chi connectivity index (χ4n) is 1.42. The highest BCUT2D eigenvalue weighted by Crippen LogP contribution is 2.22. The quantitative estimate of drug-likeness (QED) is 0.736. The molecule has 94 valence electrons. The van der Waals surface area contributed by atoms with Crippen molar-refractivity contribution in [2.75, 3.05) is 11.1 Å². The van der Waals surface area contributed by atoms with Crippen molar-refractivity contribution in [1.82, 2.24) is 0 Å². The summed E-state index contributed by atoms with van der Waals surface area (Å²) in [4.78, 5) is 11.6. The normalized spacial score (nSPS) is 11.1. The van der Waals surface area contributed by atoms with Crippen LogP contribution in [0.3, 0.4) is 0 Å². The zero-order valence-electron chi connectivity index (χ0n) is 11.0. The van der Waals surface area contributed by atoms with Crippen molar-refractivity contribution < 1.29 is 9.53 Å². The van der Waals surface area contributed by atoms with Gasteiger partial charge >= 0.3 is 6.09 Å². The molecular weight excluding hydrogens is 216 g/mol. The summed E-state index contributed by atoms with van der Waals surface area (Å²) in [7, 11) is 0. The van der Waals surface area contributed by atoms with Crippen LogP contribution in [0.25, 0.3) is 0 Å². The van der Waals surface area contributed by atoms with Gasteiger partial charge in [-0.1, -0.05) is 6.07 Å². The number of aryl methyl sites for hydroxylation is 2. The first kappa shape index (κ1) is 13.4. The average Bonchev–Trinajstić information content (AvgIpc) is 2.11. The summed E-state index contributed by atoms with van der Waals surface area (Å²) in [5.74, 6) is 0. The minimum absolute atomic E-state index is 0.469. The number of ether oxygens (including phenoxy) is 1. The Labute approximate surface area is 102 Å². The van der Waals surface area contributed by atoms with Crippen molar-refractivity contribution in [3.05, 3.63) is 23.3 Å². The second kappa shape index (κ2) is 4.65. The van der Waals surface area contributed by atoms with Crippen LogP contribution in [0.2, 0.25) is 0 Å². The van der Waals surface area contributed by atoms with E-state index < -0.39 is 11.7 Å². The fourth-order valence-corrected chi connectivity index (χ4v) is 1.42. The van der Waals surface area contributed by atoms with Crippen molar-refractivity contribution in [3.8, 4) is 0 Å². The highest BCUT2D eigenvalue weighted by atomic mass is 16.6. The summed E-state index contributed by atoms with van der Waals surface area (Å²) in [6.07, 6.45) is -0.469. The smallest absolute Gasteiger partial charge is 0.412 e. The number of nitrogen functional groups attached to an aromatic ring is 1. The molecule has 0 atom stereocenters. The third kappa shape index (κ3) is 3.98. The average molecular weight is 236 g/mol. The summed E-state index contributed by atoms with van der Waals surface area (Å²) in [6.45, 7) is 9.31. The number of benzene rings is 1. The number of nitrogens with two attached hydrogens (primary N) is 1. The van der Waals surface area contributed by atoms with Gasteiger partial charge in [0.25, 0.3) is 0 Å². The monoisotopic (exact) mass is 236 g/mol. The van der Waals surface area contributed by atoms with E-state index >= 15 is 0 Å². The van der Waals surface area contributed by atoms with Gasteiger partial charge in [0.2, 0.25) is 0 Å². The molecule has 0 radical (unpaired) electrons. The first-order valence-electron chi connectivity index (χ1n) is 5.56. The van der Waals surface area contributed by atoms with Gasteiger partial charge < -0.3 is 10.5 Å². The number of rotatable bonds is 1. The molecule has 0 aliphatic carbocycles. The molecule has 17 heavy (non-hydrogen) atoms. The van der Waals surface area contributed by atoms with Crippen LogP contribution in [-0.4, -0.2) is 11.7 Å². The Bertz CT molecular complexity index is 434. The Morgan fingerprint density at radius 2 is 1.82 bits per heavy atom. The molecule has 0 saturated heterocycles. The molecule has 0 spiro atoms. The van der Waals surface area contributed by atoms with Crippen molar-refractivity contribution in [2.45, 2.75) is 40.2 Å². The van der Waals surface area contributed by atoms with Gasteiger partial charge in [-0.2, -0.15) is 0 Å². The molecule has 0 fully saturated rings. The first-order valence-corrected chi connectivity index (χ1v) is 5.56. The summed E-state index contributed by atoms with van der Waals surface area (Å²) in [6, 6.07) is 3.68. The maximum absolute atomic E-state index is 11.6. The number of amides is 1. The Morgan fingerprint density at radius 3 is 2.35 bits per heavy atom. The lowest BCUT2D eigenvalue weighted by atomic mass is 10.1. The van der Waals surface area contributed by atoms with E-state index in [-0.39, 0.29) is 0 Å². The summed E-state index contributed by atoms with van der Waals surface area (Å²) >= 11 is 0. The Morgan fingerprint density at radius 1 is 1.24 bits per heavy atom. The largest absolute Gasteiger partial charge is 0.444 e. The minimum Gasteiger partial charge on any atom is -0.444 e. The van der Waals surface area contributed by atoms with E-state index in [1.54, 1.807) is 6.07 Å². The van der Waals surface area contributed by atoms with Gasteiger partial charge in [-0.25, -0.2) is 4.79 Å². The molecule has 0 unspecified atom stereocenters. The van der Waals surface area contributed by atoms with Gasteiger partial charge in [0, 0.05) is 11.4 Å². The Hall–Kier alpha value is -1.71. The lowest BCUT2D eigenvalue weighted by Crippen LogP contribution is -2.27. The zero-order chi connectivity index (χ0) is 13.2. The van der Waals surface area contributed by atoms with E-state index in [4.69, 9.17) is 10.5 Å². The van der Waals surface area contributed by atoms with Crippen molar-refractivity contribution in [2.24, 2.45) is 0 Å². The standard InChI is InChI=1S/C13H20N2O2/c1-8-6-9(2)11(7-10(8)14)15-12(16)17-13(3,4)5/h6-7H,14H2,1-5H3,(H,15,16).